The van der Waals surface area contributed by atoms with E-state index >= 15 is 0 Å². The Kier molecular flexibility index (Phi) is 21.9. The van der Waals surface area contributed by atoms with Gasteiger partial charge >= 0.3 is 12.0 Å². The van der Waals surface area contributed by atoms with Crippen molar-refractivity contribution in [3.63, 3.8) is 0 Å². The third kappa shape index (κ3) is 18.1. The van der Waals surface area contributed by atoms with E-state index in [1.807, 2.05) is 36.4 Å². The fourth-order valence-corrected chi connectivity index (χ4v) is 8.01. The molecule has 8 amide bonds. The second-order valence-electron chi connectivity index (χ2n) is 17.9. The number of aliphatic hydroxyl groups is 1. The predicted molar refractivity (Wildman–Crippen MR) is 268 cm³/mol. The number of hydrogen-bond acceptors (Lipinski definition) is 12. The number of carbonyl (C=O) groups excluding carboxylic acids is 8. The van der Waals surface area contributed by atoms with Gasteiger partial charge in [-0.2, -0.15) is 0 Å². The van der Waals surface area contributed by atoms with Crippen LogP contribution >= 0.6 is 0 Å². The number of H-pyrrole nitrogens is 1. The summed E-state index contributed by atoms with van der Waals surface area (Å²) in [6.45, 7) is 7.81. The van der Waals surface area contributed by atoms with Crippen molar-refractivity contribution in [2.45, 2.75) is 110 Å². The summed E-state index contributed by atoms with van der Waals surface area (Å²) >= 11 is 0. The van der Waals surface area contributed by atoms with Crippen LogP contribution in [0.15, 0.2) is 78.9 Å². The number of carbonyl (C=O) groups is 8. The van der Waals surface area contributed by atoms with Crippen LogP contribution < -0.4 is 32.5 Å². The molecule has 0 bridgehead atoms. The summed E-state index contributed by atoms with van der Waals surface area (Å²) in [4.78, 5) is 115. The standard InChI is InChI=1S/C52H67N9O11/c1-34(2)49(58-44(63)13-5-4-6-14-48(67)72-61-46(65)25-26-47(61)66)51(69)57-43(12-9-28-54-52(53)70)50(68)56-39-22-19-38(20-23-39)33-71-59-45(64)24-21-36-15-17-37(18-16-36)32-60(30-31-62)29-27-40-35(3)55-42-11-8-7-10-41(40)42/h7-8,10-11,15-24,34,43,49,55,62H,4-6,9,12-14,25-33H2,1-3H3,(H,56,68)(H,57,69)(H,58,63)(H,59,64)(H3,53,54,70)/b24-21+/t43-,49?/m0/s1. The number of hydrogen-bond donors (Lipinski definition) is 8. The molecule has 20 heteroatoms. The molecule has 3 aromatic carbocycles. The molecule has 0 spiro atoms. The molecule has 1 aromatic heterocycles. The number of nitrogens with zero attached hydrogens (tertiary/aromatic N) is 2. The predicted octanol–water partition coefficient (Wildman–Crippen LogP) is 4.34. The lowest BCUT2D eigenvalue weighted by Crippen LogP contribution is -2.54. The van der Waals surface area contributed by atoms with Gasteiger partial charge in [0.05, 0.1) is 13.2 Å². The van der Waals surface area contributed by atoms with Crippen LogP contribution in [-0.2, 0) is 62.8 Å². The Bertz CT molecular complexity index is 2510. The molecule has 1 saturated heterocycles. The highest BCUT2D eigenvalue weighted by Crippen LogP contribution is 2.23. The zero-order chi connectivity index (χ0) is 52.0. The number of hydroxylamine groups is 3. The number of amides is 8. The van der Waals surface area contributed by atoms with Gasteiger partial charge in [-0.05, 0) is 91.5 Å². The third-order valence-electron chi connectivity index (χ3n) is 11.9. The Morgan fingerprint density at radius 3 is 2.24 bits per heavy atom. The normalized spacial score (nSPS) is 13.4. The fraction of sp³-hybridized carbons (Fsp3) is 0.423. The molecule has 1 fully saturated rings. The van der Waals surface area contributed by atoms with Crippen molar-refractivity contribution in [1.82, 2.24) is 36.4 Å². The van der Waals surface area contributed by atoms with E-state index in [0.29, 0.717) is 55.1 Å². The number of unbranched alkanes of at least 4 members (excludes halogenated alkanes) is 2. The van der Waals surface area contributed by atoms with Crippen molar-refractivity contribution >= 4 is 70.1 Å². The molecule has 1 aliphatic heterocycles. The van der Waals surface area contributed by atoms with E-state index in [9.17, 15) is 43.5 Å². The summed E-state index contributed by atoms with van der Waals surface area (Å²) in [5.41, 5.74) is 14.2. The van der Waals surface area contributed by atoms with Gasteiger partial charge < -0.3 is 41.9 Å². The van der Waals surface area contributed by atoms with Crippen LogP contribution in [0.3, 0.4) is 0 Å². The molecule has 2 heterocycles. The number of benzene rings is 3. The van der Waals surface area contributed by atoms with Crippen LogP contribution in [0.5, 0.6) is 0 Å². The number of aryl methyl sites for hydroxylation is 1. The summed E-state index contributed by atoms with van der Waals surface area (Å²) in [5.74, 6) is -4.20. The van der Waals surface area contributed by atoms with E-state index in [2.05, 4.69) is 55.7 Å². The summed E-state index contributed by atoms with van der Waals surface area (Å²) in [5, 5.41) is 22.2. The van der Waals surface area contributed by atoms with Gasteiger partial charge in [-0.3, -0.25) is 38.5 Å². The maximum absolute atomic E-state index is 13.6. The van der Waals surface area contributed by atoms with E-state index in [4.69, 9.17) is 15.4 Å². The van der Waals surface area contributed by atoms with Crippen molar-refractivity contribution in [1.29, 1.82) is 0 Å². The minimum Gasteiger partial charge on any atom is -0.395 e. The van der Waals surface area contributed by atoms with Crippen LogP contribution in [0.25, 0.3) is 17.0 Å². The van der Waals surface area contributed by atoms with Crippen LogP contribution in [-0.4, -0.2) is 106 Å². The number of primary amides is 1. The lowest BCUT2D eigenvalue weighted by Gasteiger charge is -2.25. The van der Waals surface area contributed by atoms with Crippen molar-refractivity contribution in [2.75, 3.05) is 31.6 Å². The first-order valence-corrected chi connectivity index (χ1v) is 24.3. The molecule has 1 unspecified atom stereocenters. The van der Waals surface area contributed by atoms with Gasteiger partial charge in [0.25, 0.3) is 17.7 Å². The van der Waals surface area contributed by atoms with Gasteiger partial charge in [-0.1, -0.05) is 74.9 Å². The largest absolute Gasteiger partial charge is 0.395 e. The number of nitrogens with two attached hydrogens (primary N) is 1. The molecule has 2 atom stereocenters. The van der Waals surface area contributed by atoms with E-state index in [0.717, 1.165) is 35.3 Å². The number of nitrogens with one attached hydrogen (secondary N) is 6. The van der Waals surface area contributed by atoms with E-state index in [1.54, 1.807) is 44.2 Å². The zero-order valence-corrected chi connectivity index (χ0v) is 41.1. The number of imide groups is 1. The Morgan fingerprint density at radius 1 is 0.847 bits per heavy atom. The topological polar surface area (TPSA) is 284 Å². The lowest BCUT2D eigenvalue weighted by molar-refractivity contribution is -0.197. The van der Waals surface area contributed by atoms with Crippen molar-refractivity contribution in [2.24, 2.45) is 11.7 Å². The highest BCUT2D eigenvalue weighted by molar-refractivity contribution is 6.01. The smallest absolute Gasteiger partial charge is 0.333 e. The average molecular weight is 994 g/mol. The Hall–Kier alpha value is -7.42. The molecule has 0 aliphatic carbocycles. The number of urea groups is 1. The summed E-state index contributed by atoms with van der Waals surface area (Å²) < 4.78 is 0. The number of aromatic nitrogens is 1. The maximum atomic E-state index is 13.6. The number of anilines is 1. The minimum atomic E-state index is -1.06. The highest BCUT2D eigenvalue weighted by atomic mass is 16.7. The molecule has 0 saturated carbocycles. The Balaban J connectivity index is 1.04. The molecule has 4 aromatic rings. The minimum absolute atomic E-state index is 0.00200. The van der Waals surface area contributed by atoms with Crippen molar-refractivity contribution in [3.8, 4) is 0 Å². The summed E-state index contributed by atoms with van der Waals surface area (Å²) in [6, 6.07) is 20.0. The SMILES string of the molecule is Cc1[nH]c2ccccc2c1CCN(CCO)Cc1ccc(/C=C/C(=O)NOCc2ccc(NC(=O)[C@H](CCCNC(N)=O)NC(=O)C(NC(=O)CCCCCC(=O)ON3C(=O)CCC3=O)C(C)C)cc2)cc1. The van der Waals surface area contributed by atoms with Crippen molar-refractivity contribution < 1.29 is 53.1 Å². The molecule has 0 radical (unpaired) electrons. The van der Waals surface area contributed by atoms with E-state index in [-0.39, 0.29) is 57.8 Å². The molecular formula is C52H67N9O11. The van der Waals surface area contributed by atoms with Crippen LogP contribution in [0.4, 0.5) is 10.5 Å². The first kappa shape index (κ1) is 55.5. The van der Waals surface area contributed by atoms with Gasteiger partial charge in [-0.25, -0.2) is 15.1 Å². The number of aliphatic hydroxyl groups excluding tert-OH is 1. The summed E-state index contributed by atoms with van der Waals surface area (Å²) in [7, 11) is 0. The first-order valence-electron chi connectivity index (χ1n) is 24.3. The van der Waals surface area contributed by atoms with Crippen LogP contribution in [0.1, 0.15) is 99.6 Å². The summed E-state index contributed by atoms with van der Waals surface area (Å²) in [6.07, 6.45) is 5.52. The van der Waals surface area contributed by atoms with Crippen LogP contribution in [0.2, 0.25) is 0 Å². The molecule has 386 valence electrons. The second-order valence-corrected chi connectivity index (χ2v) is 17.9. The zero-order valence-electron chi connectivity index (χ0n) is 41.1. The fourth-order valence-electron chi connectivity index (χ4n) is 8.01. The molecule has 1 aliphatic rings. The lowest BCUT2D eigenvalue weighted by atomic mass is 10.0. The number of rotatable bonds is 29. The number of aromatic amines is 1. The number of fused-ring (bicyclic) bond motifs is 1. The molecule has 9 N–H and O–H groups in total. The third-order valence-corrected chi connectivity index (χ3v) is 11.9. The maximum Gasteiger partial charge on any atom is 0.333 e. The average Bonchev–Trinajstić information content (AvgIpc) is 3.85. The van der Waals surface area contributed by atoms with Gasteiger partial charge in [0.1, 0.15) is 12.1 Å². The highest BCUT2D eigenvalue weighted by Gasteiger charge is 2.33. The second kappa shape index (κ2) is 28.4. The quantitative estimate of drug-likeness (QED) is 0.0163. The van der Waals surface area contributed by atoms with Gasteiger partial charge in [0.15, 0.2) is 0 Å². The van der Waals surface area contributed by atoms with E-state index in [1.165, 1.54) is 17.0 Å². The Labute approximate surface area is 418 Å². The van der Waals surface area contributed by atoms with Crippen molar-refractivity contribution in [3.05, 3.63) is 107 Å². The Morgan fingerprint density at radius 2 is 1.54 bits per heavy atom. The first-order chi connectivity index (χ1) is 34.6. The van der Waals surface area contributed by atoms with Gasteiger partial charge in [0.2, 0.25) is 17.7 Å². The molecular weight excluding hydrogens is 927 g/mol. The monoisotopic (exact) mass is 993 g/mol. The van der Waals surface area contributed by atoms with Gasteiger partial charge in [-0.15, -0.1) is 5.06 Å². The molecule has 20 nitrogen and oxygen atoms in total. The van der Waals surface area contributed by atoms with E-state index < -0.39 is 59.5 Å². The molecule has 5 rings (SSSR count). The number of para-hydroxylation sites is 1. The van der Waals surface area contributed by atoms with Gasteiger partial charge in [0, 0.05) is 80.2 Å². The molecule has 72 heavy (non-hydrogen) atoms. The van der Waals surface area contributed by atoms with Crippen LogP contribution in [0, 0.1) is 12.8 Å².